The minimum Gasteiger partial charge on any atom is -0.353 e. The summed E-state index contributed by atoms with van der Waals surface area (Å²) in [6, 6.07) is 15.2. The van der Waals surface area contributed by atoms with Crippen molar-refractivity contribution in [1.29, 1.82) is 0 Å². The Labute approximate surface area is 156 Å². The highest BCUT2D eigenvalue weighted by Gasteiger charge is 2.23. The summed E-state index contributed by atoms with van der Waals surface area (Å²) in [5.41, 5.74) is 1.23. The van der Waals surface area contributed by atoms with E-state index < -0.39 is 0 Å². The zero-order valence-corrected chi connectivity index (χ0v) is 15.8. The average molecular weight is 357 g/mol. The predicted octanol–water partition coefficient (Wildman–Crippen LogP) is 4.13. The quantitative estimate of drug-likeness (QED) is 0.681. The van der Waals surface area contributed by atoms with Crippen molar-refractivity contribution < 1.29 is 4.79 Å². The zero-order chi connectivity index (χ0) is 17.6. The Hall–Kier alpha value is -1.52. The molecule has 3 rings (SSSR count). The van der Waals surface area contributed by atoms with Gasteiger partial charge in [0.25, 0.3) is 0 Å². The number of amides is 1. The molecule has 134 valence electrons. The number of fused-ring (bicyclic) bond motifs is 1. The van der Waals surface area contributed by atoms with E-state index in [1.807, 2.05) is 6.92 Å². The minimum atomic E-state index is -0.00186. The van der Waals surface area contributed by atoms with Gasteiger partial charge in [-0.3, -0.25) is 9.52 Å². The largest absolute Gasteiger partial charge is 0.353 e. The van der Waals surface area contributed by atoms with Gasteiger partial charge in [-0.05, 0) is 54.4 Å². The van der Waals surface area contributed by atoms with Gasteiger partial charge in [-0.25, -0.2) is 0 Å². The molecule has 0 saturated heterocycles. The van der Waals surface area contributed by atoms with Crippen molar-refractivity contribution >= 4 is 29.5 Å². The fraction of sp³-hybridized carbons (Fsp3) is 0.476. The van der Waals surface area contributed by atoms with Crippen LogP contribution < -0.4 is 10.0 Å². The van der Waals surface area contributed by atoms with Crippen molar-refractivity contribution in [3.8, 4) is 0 Å². The van der Waals surface area contributed by atoms with Crippen LogP contribution in [0.5, 0.6) is 0 Å². The smallest absolute Gasteiger partial charge is 0.223 e. The SMILES string of the molecule is CC(Cc1ccc2ccccc2c1)C(=O)NC1CCC(CNS)CC1. The summed E-state index contributed by atoms with van der Waals surface area (Å²) in [7, 11) is 0. The number of rotatable bonds is 6. The molecule has 1 aliphatic rings. The summed E-state index contributed by atoms with van der Waals surface area (Å²) in [6.07, 6.45) is 5.27. The van der Waals surface area contributed by atoms with E-state index in [0.29, 0.717) is 12.0 Å². The Kier molecular flexibility index (Phi) is 6.38. The first kappa shape index (κ1) is 18.3. The molecule has 1 atom stereocenters. The molecular weight excluding hydrogens is 328 g/mol. The molecule has 0 heterocycles. The maximum atomic E-state index is 12.6. The second kappa shape index (κ2) is 8.72. The molecular formula is C21H28N2OS. The standard InChI is InChI=1S/C21H28N2OS/c1-15(12-17-6-9-18-4-2-3-5-19(18)13-17)21(24)23-20-10-7-16(8-11-20)14-22-25/h2-6,9,13,15-16,20,22,25H,7-8,10-12,14H2,1H3,(H,23,24). The lowest BCUT2D eigenvalue weighted by Crippen LogP contribution is -2.41. The Balaban J connectivity index is 1.52. The van der Waals surface area contributed by atoms with E-state index in [0.717, 1.165) is 38.6 Å². The topological polar surface area (TPSA) is 41.1 Å². The van der Waals surface area contributed by atoms with Crippen LogP contribution in [-0.2, 0) is 11.2 Å². The minimum absolute atomic E-state index is 0.00186. The van der Waals surface area contributed by atoms with Crippen molar-refractivity contribution in [2.45, 2.75) is 45.1 Å². The summed E-state index contributed by atoms with van der Waals surface area (Å²) < 4.78 is 2.96. The normalized spacial score (nSPS) is 21.8. The molecule has 0 aromatic heterocycles. The summed E-state index contributed by atoms with van der Waals surface area (Å²) in [5, 5.41) is 5.75. The first-order chi connectivity index (χ1) is 12.2. The number of benzene rings is 2. The lowest BCUT2D eigenvalue weighted by atomic mass is 9.86. The Morgan fingerprint density at radius 1 is 1.12 bits per heavy atom. The van der Waals surface area contributed by atoms with E-state index >= 15 is 0 Å². The fourth-order valence-corrected chi connectivity index (χ4v) is 4.05. The van der Waals surface area contributed by atoms with Crippen LogP contribution in [0.3, 0.4) is 0 Å². The molecule has 0 radical (unpaired) electrons. The van der Waals surface area contributed by atoms with Crippen LogP contribution in [0, 0.1) is 11.8 Å². The highest BCUT2D eigenvalue weighted by Crippen LogP contribution is 2.24. The van der Waals surface area contributed by atoms with Gasteiger partial charge in [0.05, 0.1) is 0 Å². The lowest BCUT2D eigenvalue weighted by Gasteiger charge is -2.29. The number of nitrogens with one attached hydrogen (secondary N) is 2. The monoisotopic (exact) mass is 356 g/mol. The van der Waals surface area contributed by atoms with Gasteiger partial charge in [-0.2, -0.15) is 0 Å². The fourth-order valence-electron chi connectivity index (χ4n) is 3.80. The maximum absolute atomic E-state index is 12.6. The summed E-state index contributed by atoms with van der Waals surface area (Å²) in [5.74, 6) is 0.877. The van der Waals surface area contributed by atoms with Crippen LogP contribution in [0.4, 0.5) is 0 Å². The molecule has 0 bridgehead atoms. The molecule has 25 heavy (non-hydrogen) atoms. The molecule has 2 aromatic rings. The third-order valence-electron chi connectivity index (χ3n) is 5.38. The molecule has 1 unspecified atom stereocenters. The third-order valence-corrected chi connectivity index (χ3v) is 5.56. The number of carbonyl (C=O) groups is 1. The molecule has 2 N–H and O–H groups in total. The second-order valence-corrected chi connectivity index (χ2v) is 7.69. The molecule has 1 amide bonds. The second-order valence-electron chi connectivity index (χ2n) is 7.38. The van der Waals surface area contributed by atoms with Crippen molar-refractivity contribution in [2.75, 3.05) is 6.54 Å². The van der Waals surface area contributed by atoms with Gasteiger partial charge < -0.3 is 5.32 Å². The van der Waals surface area contributed by atoms with Gasteiger partial charge in [-0.15, -0.1) is 0 Å². The summed E-state index contributed by atoms with van der Waals surface area (Å²) >= 11 is 4.09. The number of thiol groups is 1. The average Bonchev–Trinajstić information content (AvgIpc) is 2.63. The molecule has 3 nitrogen and oxygen atoms in total. The Morgan fingerprint density at radius 3 is 2.56 bits per heavy atom. The van der Waals surface area contributed by atoms with Gasteiger partial charge in [0, 0.05) is 18.5 Å². The highest BCUT2D eigenvalue weighted by atomic mass is 32.1. The summed E-state index contributed by atoms with van der Waals surface area (Å²) in [6.45, 7) is 2.99. The first-order valence-electron chi connectivity index (χ1n) is 9.30. The molecule has 1 saturated carbocycles. The van der Waals surface area contributed by atoms with Crippen molar-refractivity contribution in [3.05, 3.63) is 48.0 Å². The van der Waals surface area contributed by atoms with Crippen LogP contribution in [0.2, 0.25) is 0 Å². The van der Waals surface area contributed by atoms with Gasteiger partial charge in [0.15, 0.2) is 0 Å². The predicted molar refractivity (Wildman–Crippen MR) is 108 cm³/mol. The maximum Gasteiger partial charge on any atom is 0.223 e. The Bertz CT molecular complexity index is 710. The van der Waals surface area contributed by atoms with Crippen LogP contribution in [0.25, 0.3) is 10.8 Å². The van der Waals surface area contributed by atoms with Crippen LogP contribution in [0.15, 0.2) is 42.5 Å². The van der Waals surface area contributed by atoms with E-state index in [-0.39, 0.29) is 11.8 Å². The third kappa shape index (κ3) is 4.99. The number of hydrogen-bond donors (Lipinski definition) is 3. The lowest BCUT2D eigenvalue weighted by molar-refractivity contribution is -0.125. The molecule has 4 heteroatoms. The number of carbonyl (C=O) groups excluding carboxylic acids is 1. The van der Waals surface area contributed by atoms with Crippen LogP contribution in [0.1, 0.15) is 38.2 Å². The van der Waals surface area contributed by atoms with Crippen LogP contribution >= 0.6 is 12.8 Å². The highest BCUT2D eigenvalue weighted by molar-refractivity contribution is 7.78. The first-order valence-corrected chi connectivity index (χ1v) is 9.75. The molecule has 0 spiro atoms. The molecule has 1 fully saturated rings. The molecule has 0 aliphatic heterocycles. The van der Waals surface area contributed by atoms with Crippen LogP contribution in [-0.4, -0.2) is 18.5 Å². The van der Waals surface area contributed by atoms with Gasteiger partial charge in [0.2, 0.25) is 5.91 Å². The van der Waals surface area contributed by atoms with Crippen molar-refractivity contribution in [2.24, 2.45) is 11.8 Å². The van der Waals surface area contributed by atoms with E-state index in [4.69, 9.17) is 0 Å². The molecule has 1 aliphatic carbocycles. The van der Waals surface area contributed by atoms with Crippen molar-refractivity contribution in [3.63, 3.8) is 0 Å². The van der Waals surface area contributed by atoms with E-state index in [1.165, 1.54) is 16.3 Å². The van der Waals surface area contributed by atoms with Gasteiger partial charge in [0.1, 0.15) is 0 Å². The number of hydrogen-bond acceptors (Lipinski definition) is 3. The zero-order valence-electron chi connectivity index (χ0n) is 14.9. The summed E-state index contributed by atoms with van der Waals surface area (Å²) in [4.78, 5) is 12.6. The van der Waals surface area contributed by atoms with E-state index in [9.17, 15) is 4.79 Å². The molecule has 2 aromatic carbocycles. The van der Waals surface area contributed by atoms with E-state index in [1.54, 1.807) is 0 Å². The van der Waals surface area contributed by atoms with Crippen molar-refractivity contribution in [1.82, 2.24) is 10.0 Å². The van der Waals surface area contributed by atoms with Gasteiger partial charge in [-0.1, -0.05) is 62.2 Å². The Morgan fingerprint density at radius 2 is 1.84 bits per heavy atom. The van der Waals surface area contributed by atoms with E-state index in [2.05, 4.69) is 65.3 Å². The van der Waals surface area contributed by atoms with Gasteiger partial charge >= 0.3 is 0 Å².